The molecule has 0 radical (unpaired) electrons. The molecule has 5 nitrogen and oxygen atoms in total. The number of likely N-dealkylation sites (N-methyl/N-ethyl adjacent to an activating group) is 1. The molecule has 31 heavy (non-hydrogen) atoms. The molecular formula is C26H31N3O2. The Kier molecular flexibility index (Phi) is 5.09. The minimum atomic E-state index is -0.752. The third kappa shape index (κ3) is 3.45. The van der Waals surface area contributed by atoms with Crippen LogP contribution in [0.15, 0.2) is 36.5 Å². The second-order valence-electron chi connectivity index (χ2n) is 9.30. The van der Waals surface area contributed by atoms with Gasteiger partial charge in [0.2, 0.25) is 0 Å². The zero-order chi connectivity index (χ0) is 21.7. The number of fused-ring (bicyclic) bond motifs is 6. The zero-order valence-corrected chi connectivity index (χ0v) is 18.6. The number of aromatic nitrogens is 2. The van der Waals surface area contributed by atoms with Crippen LogP contribution in [-0.4, -0.2) is 38.1 Å². The van der Waals surface area contributed by atoms with Crippen LogP contribution < -0.4 is 0 Å². The number of carbonyl (C=O) groups is 1. The van der Waals surface area contributed by atoms with Crippen molar-refractivity contribution in [2.75, 3.05) is 6.54 Å². The number of rotatable bonds is 6. The van der Waals surface area contributed by atoms with E-state index in [-0.39, 0.29) is 12.3 Å². The molecular weight excluding hydrogens is 386 g/mol. The van der Waals surface area contributed by atoms with Gasteiger partial charge in [0.25, 0.3) is 0 Å². The molecule has 0 saturated carbocycles. The van der Waals surface area contributed by atoms with E-state index in [2.05, 4.69) is 46.5 Å². The molecule has 162 valence electrons. The lowest BCUT2D eigenvalue weighted by Crippen LogP contribution is -2.37. The average molecular weight is 418 g/mol. The van der Waals surface area contributed by atoms with E-state index in [4.69, 9.17) is 0 Å². The first-order valence-electron chi connectivity index (χ1n) is 11.5. The molecule has 3 atom stereocenters. The van der Waals surface area contributed by atoms with Gasteiger partial charge in [-0.15, -0.1) is 0 Å². The van der Waals surface area contributed by atoms with Gasteiger partial charge in [-0.1, -0.05) is 18.6 Å². The van der Waals surface area contributed by atoms with Gasteiger partial charge < -0.3 is 9.67 Å². The molecule has 0 spiro atoms. The topological polar surface area (TPSA) is 58.4 Å². The summed E-state index contributed by atoms with van der Waals surface area (Å²) >= 11 is 0. The summed E-state index contributed by atoms with van der Waals surface area (Å²) in [5.41, 5.74) is 7.45. The molecule has 1 saturated heterocycles. The lowest BCUT2D eigenvalue weighted by atomic mass is 9.94. The number of hydrogen-bond donors (Lipinski definition) is 1. The summed E-state index contributed by atoms with van der Waals surface area (Å²) in [7, 11) is 0. The third-order valence-corrected chi connectivity index (χ3v) is 7.36. The van der Waals surface area contributed by atoms with Crippen LogP contribution in [-0.2, 0) is 17.8 Å². The van der Waals surface area contributed by atoms with E-state index < -0.39 is 5.97 Å². The summed E-state index contributed by atoms with van der Waals surface area (Å²) in [5, 5.41) is 11.0. The van der Waals surface area contributed by atoms with E-state index in [1.807, 2.05) is 19.1 Å². The highest BCUT2D eigenvalue weighted by atomic mass is 16.4. The summed E-state index contributed by atoms with van der Waals surface area (Å²) in [6, 6.07) is 11.9. The first-order chi connectivity index (χ1) is 15.0. The van der Waals surface area contributed by atoms with Crippen molar-refractivity contribution in [1.82, 2.24) is 14.5 Å². The van der Waals surface area contributed by atoms with Crippen LogP contribution in [0, 0.1) is 13.8 Å². The minimum Gasteiger partial charge on any atom is -0.481 e. The van der Waals surface area contributed by atoms with Gasteiger partial charge in [-0.3, -0.25) is 14.7 Å². The van der Waals surface area contributed by atoms with E-state index in [0.717, 1.165) is 24.2 Å². The SMILES string of the molecule is CCN1C2CCC1c1c(n(CC(CC(=O)O)c3ccnc(C)c3)c3ccc(C)cc13)C2. The number of nitrogens with zero attached hydrogens (tertiary/aromatic N) is 3. The quantitative estimate of drug-likeness (QED) is 0.614. The number of pyridine rings is 1. The standard InChI is InChI=1S/C26H31N3O2/c1-4-28-20-6-8-23(28)26-21-11-16(2)5-7-22(21)29(24(26)14-20)15-19(13-25(30)31)18-9-10-27-17(3)12-18/h5,7,9-12,19-20,23H,4,6,8,13-15H2,1-3H3,(H,30,31). The molecule has 4 heterocycles. The Morgan fingerprint density at radius 3 is 2.81 bits per heavy atom. The van der Waals surface area contributed by atoms with E-state index in [1.54, 1.807) is 6.20 Å². The second-order valence-corrected chi connectivity index (χ2v) is 9.30. The number of hydrogen-bond acceptors (Lipinski definition) is 3. The molecule has 2 bridgehead atoms. The first kappa shape index (κ1) is 20.3. The molecule has 1 aromatic carbocycles. The fourth-order valence-corrected chi connectivity index (χ4v) is 6.06. The van der Waals surface area contributed by atoms with E-state index in [1.165, 1.54) is 40.6 Å². The van der Waals surface area contributed by atoms with Gasteiger partial charge in [-0.25, -0.2) is 0 Å². The summed E-state index contributed by atoms with van der Waals surface area (Å²) in [5.74, 6) is -0.833. The fourth-order valence-electron chi connectivity index (χ4n) is 6.06. The first-order valence-corrected chi connectivity index (χ1v) is 11.5. The molecule has 5 rings (SSSR count). The summed E-state index contributed by atoms with van der Waals surface area (Å²) < 4.78 is 2.45. The predicted octanol–water partition coefficient (Wildman–Crippen LogP) is 4.99. The highest BCUT2D eigenvalue weighted by Gasteiger charge is 2.42. The third-order valence-electron chi connectivity index (χ3n) is 7.36. The van der Waals surface area contributed by atoms with Crippen molar-refractivity contribution in [3.63, 3.8) is 0 Å². The van der Waals surface area contributed by atoms with Gasteiger partial charge in [0.15, 0.2) is 0 Å². The van der Waals surface area contributed by atoms with Crippen molar-refractivity contribution >= 4 is 16.9 Å². The Morgan fingerprint density at radius 1 is 1.23 bits per heavy atom. The van der Waals surface area contributed by atoms with Gasteiger partial charge in [-0.05, 0) is 68.6 Å². The Morgan fingerprint density at radius 2 is 2.06 bits per heavy atom. The maximum absolute atomic E-state index is 11.8. The van der Waals surface area contributed by atoms with Crippen LogP contribution in [0.3, 0.4) is 0 Å². The fraction of sp³-hybridized carbons (Fsp3) is 0.462. The van der Waals surface area contributed by atoms with Crippen LogP contribution in [0.2, 0.25) is 0 Å². The summed E-state index contributed by atoms with van der Waals surface area (Å²) in [6.07, 6.45) is 5.45. The van der Waals surface area contributed by atoms with E-state index >= 15 is 0 Å². The van der Waals surface area contributed by atoms with E-state index in [0.29, 0.717) is 18.6 Å². The summed E-state index contributed by atoms with van der Waals surface area (Å²) in [6.45, 7) is 8.18. The molecule has 2 aliphatic rings. The molecule has 2 aliphatic heterocycles. The van der Waals surface area contributed by atoms with Gasteiger partial charge in [0.1, 0.15) is 0 Å². The van der Waals surface area contributed by atoms with E-state index in [9.17, 15) is 9.90 Å². The minimum absolute atomic E-state index is 0.0814. The number of aliphatic carboxylic acids is 1. The molecule has 3 aromatic rings. The number of carboxylic acids is 1. The van der Waals surface area contributed by atoms with Crippen molar-refractivity contribution in [2.24, 2.45) is 0 Å². The number of aryl methyl sites for hydroxylation is 2. The predicted molar refractivity (Wildman–Crippen MR) is 122 cm³/mol. The highest BCUT2D eigenvalue weighted by molar-refractivity contribution is 5.87. The van der Waals surface area contributed by atoms with Crippen LogP contribution in [0.4, 0.5) is 0 Å². The molecule has 1 fully saturated rings. The lowest BCUT2D eigenvalue weighted by Gasteiger charge is -2.35. The molecule has 0 aliphatic carbocycles. The molecule has 5 heteroatoms. The lowest BCUT2D eigenvalue weighted by molar-refractivity contribution is -0.137. The van der Waals surface area contributed by atoms with Crippen molar-refractivity contribution < 1.29 is 9.90 Å². The van der Waals surface area contributed by atoms with Crippen molar-refractivity contribution in [3.05, 3.63) is 64.6 Å². The smallest absolute Gasteiger partial charge is 0.304 e. The maximum Gasteiger partial charge on any atom is 0.304 e. The van der Waals surface area contributed by atoms with Crippen molar-refractivity contribution in [2.45, 2.75) is 71.0 Å². The Labute approximate surface area is 183 Å². The van der Waals surface area contributed by atoms with Gasteiger partial charge in [-0.2, -0.15) is 0 Å². The molecule has 2 aromatic heterocycles. The summed E-state index contributed by atoms with van der Waals surface area (Å²) in [4.78, 5) is 18.7. The monoisotopic (exact) mass is 417 g/mol. The van der Waals surface area contributed by atoms with Crippen LogP contribution in [0.25, 0.3) is 10.9 Å². The van der Waals surface area contributed by atoms with Crippen molar-refractivity contribution in [3.8, 4) is 0 Å². The van der Waals surface area contributed by atoms with Crippen LogP contribution >= 0.6 is 0 Å². The normalized spacial score (nSPS) is 21.4. The van der Waals surface area contributed by atoms with Crippen LogP contribution in [0.5, 0.6) is 0 Å². The number of carboxylic acid groups (broad SMARTS) is 1. The molecule has 1 N–H and O–H groups in total. The average Bonchev–Trinajstić information content (AvgIpc) is 3.19. The largest absolute Gasteiger partial charge is 0.481 e. The number of benzene rings is 1. The Balaban J connectivity index is 1.65. The van der Waals surface area contributed by atoms with Gasteiger partial charge >= 0.3 is 5.97 Å². The Hall–Kier alpha value is -2.66. The van der Waals surface area contributed by atoms with Gasteiger partial charge in [0.05, 0.1) is 6.42 Å². The van der Waals surface area contributed by atoms with Gasteiger partial charge in [0, 0.05) is 59.5 Å². The Bertz CT molecular complexity index is 1150. The maximum atomic E-state index is 11.8. The molecule has 0 amide bonds. The molecule has 3 unspecified atom stereocenters. The van der Waals surface area contributed by atoms with Crippen LogP contribution in [0.1, 0.15) is 66.2 Å². The second kappa shape index (κ2) is 7.79. The van der Waals surface area contributed by atoms with Crippen molar-refractivity contribution in [1.29, 1.82) is 0 Å². The zero-order valence-electron chi connectivity index (χ0n) is 18.6. The highest BCUT2D eigenvalue weighted by Crippen LogP contribution is 2.48.